The van der Waals surface area contributed by atoms with Gasteiger partial charge in [-0.3, -0.25) is 4.79 Å². The Morgan fingerprint density at radius 1 is 1.24 bits per heavy atom. The minimum absolute atomic E-state index is 0.328. The number of halogens is 2. The van der Waals surface area contributed by atoms with Crippen LogP contribution in [-0.2, 0) is 4.79 Å². The number of nitrogens with zero attached hydrogens (tertiary/aromatic N) is 5. The van der Waals surface area contributed by atoms with Crippen molar-refractivity contribution >= 4 is 35.2 Å². The smallest absolute Gasteiger partial charge is 0.244 e. The number of tetrazole rings is 1. The Morgan fingerprint density at radius 3 is 2.74 bits per heavy atom. The fourth-order valence-electron chi connectivity index (χ4n) is 3.41. The number of carbonyl (C=O) groups excluding carboxylic acids is 1. The average Bonchev–Trinajstić information content (AvgIpc) is 3.48. The Morgan fingerprint density at radius 2 is 2.03 bits per heavy atom. The second kappa shape index (κ2) is 10.6. The summed E-state index contributed by atoms with van der Waals surface area (Å²) in [7, 11) is 0. The number of aromatic amines is 1. The highest BCUT2D eigenvalue weighted by molar-refractivity contribution is 6.32. The van der Waals surface area contributed by atoms with Crippen LogP contribution in [0.5, 0.6) is 0 Å². The minimum atomic E-state index is -0.447. The molecule has 0 radical (unpaired) electrons. The molecule has 0 aliphatic rings. The van der Waals surface area contributed by atoms with Crippen molar-refractivity contribution < 1.29 is 4.79 Å². The van der Waals surface area contributed by atoms with Gasteiger partial charge in [-0.25, -0.2) is 4.98 Å². The maximum absolute atomic E-state index is 12.8. The zero-order chi connectivity index (χ0) is 24.1. The number of H-pyrrole nitrogens is 1. The zero-order valence-electron chi connectivity index (χ0n) is 18.2. The molecular formula is C23H22Cl2N8O. The number of hydrogen-bond acceptors (Lipinski definition) is 6. The molecule has 34 heavy (non-hydrogen) atoms. The fourth-order valence-corrected chi connectivity index (χ4v) is 3.83. The van der Waals surface area contributed by atoms with E-state index >= 15 is 0 Å². The fraction of sp³-hybridized carbons (Fsp3) is 0.174. The molecule has 9 nitrogen and oxygen atoms in total. The van der Waals surface area contributed by atoms with Gasteiger partial charge in [0.15, 0.2) is 0 Å². The number of aromatic nitrogens is 6. The standard InChI is InChI=1S/C23H22Cl2N8O/c1-14-2-4-15(5-3-14)21-22(25)30-23(29-21)18(10-11-26)28-20(34)9-6-16-12-17(24)7-8-19(16)33-13-27-31-32-33/h2-9,12-13,18H,10-11,26H2,1H3,(H,28,34)(H,29,30)/b9-6+/t18-/m0/s1. The van der Waals surface area contributed by atoms with Gasteiger partial charge in [-0.1, -0.05) is 53.0 Å². The molecule has 0 aliphatic carbocycles. The van der Waals surface area contributed by atoms with E-state index in [1.165, 1.54) is 17.1 Å². The Labute approximate surface area is 206 Å². The van der Waals surface area contributed by atoms with Crippen molar-refractivity contribution in [2.24, 2.45) is 5.73 Å². The third-order valence-electron chi connectivity index (χ3n) is 5.10. The maximum Gasteiger partial charge on any atom is 0.244 e. The first-order valence-corrected chi connectivity index (χ1v) is 11.2. The summed E-state index contributed by atoms with van der Waals surface area (Å²) in [4.78, 5) is 20.5. The molecule has 4 rings (SSSR count). The Kier molecular flexibility index (Phi) is 7.36. The van der Waals surface area contributed by atoms with Gasteiger partial charge < -0.3 is 16.0 Å². The molecule has 0 spiro atoms. The second-order valence-corrected chi connectivity index (χ2v) is 8.39. The molecule has 4 N–H and O–H groups in total. The highest BCUT2D eigenvalue weighted by Gasteiger charge is 2.20. The molecule has 0 saturated carbocycles. The first-order chi connectivity index (χ1) is 16.4. The number of benzene rings is 2. The summed E-state index contributed by atoms with van der Waals surface area (Å²) in [5.41, 5.74) is 9.78. The molecule has 4 aromatic rings. The SMILES string of the molecule is Cc1ccc(-c2nc([C@H](CCN)NC(=O)/C=C/c3cc(Cl)ccc3-n3cnnn3)[nH]c2Cl)cc1. The molecular weight excluding hydrogens is 475 g/mol. The first-order valence-electron chi connectivity index (χ1n) is 10.5. The van der Waals surface area contributed by atoms with E-state index in [9.17, 15) is 4.79 Å². The molecule has 0 bridgehead atoms. The van der Waals surface area contributed by atoms with Crippen LogP contribution in [0, 0.1) is 6.92 Å². The van der Waals surface area contributed by atoms with Gasteiger partial charge in [0.2, 0.25) is 5.91 Å². The number of nitrogens with one attached hydrogen (secondary N) is 2. The summed E-state index contributed by atoms with van der Waals surface area (Å²) in [6.45, 7) is 2.36. The summed E-state index contributed by atoms with van der Waals surface area (Å²) in [6.07, 6.45) is 4.99. The zero-order valence-corrected chi connectivity index (χ0v) is 19.8. The predicted octanol–water partition coefficient (Wildman–Crippen LogP) is 3.89. The second-order valence-electron chi connectivity index (χ2n) is 7.58. The van der Waals surface area contributed by atoms with Crippen molar-refractivity contribution in [1.29, 1.82) is 0 Å². The van der Waals surface area contributed by atoms with E-state index in [0.717, 1.165) is 11.1 Å². The quantitative estimate of drug-likeness (QED) is 0.317. The van der Waals surface area contributed by atoms with Crippen LogP contribution in [0.25, 0.3) is 23.0 Å². The number of aryl methyl sites for hydroxylation is 1. The van der Waals surface area contributed by atoms with Crippen LogP contribution in [0.1, 0.15) is 29.4 Å². The van der Waals surface area contributed by atoms with Crippen LogP contribution in [0.2, 0.25) is 10.2 Å². The van der Waals surface area contributed by atoms with Crippen molar-refractivity contribution in [3.63, 3.8) is 0 Å². The Hall–Kier alpha value is -3.53. The van der Waals surface area contributed by atoms with E-state index in [1.54, 1.807) is 24.3 Å². The lowest BCUT2D eigenvalue weighted by molar-refractivity contribution is -0.117. The monoisotopic (exact) mass is 496 g/mol. The molecule has 0 aliphatic heterocycles. The minimum Gasteiger partial charge on any atom is -0.343 e. The van der Waals surface area contributed by atoms with Gasteiger partial charge in [0.05, 0.1) is 11.7 Å². The summed E-state index contributed by atoms with van der Waals surface area (Å²) >= 11 is 12.6. The topological polar surface area (TPSA) is 127 Å². The summed E-state index contributed by atoms with van der Waals surface area (Å²) in [5, 5.41) is 15.0. The summed E-state index contributed by atoms with van der Waals surface area (Å²) in [6, 6.07) is 12.6. The first kappa shape index (κ1) is 23.6. The Bertz CT molecular complexity index is 1300. The molecule has 0 saturated heterocycles. The third-order valence-corrected chi connectivity index (χ3v) is 5.61. The van der Waals surface area contributed by atoms with Crippen LogP contribution >= 0.6 is 23.2 Å². The van der Waals surface area contributed by atoms with Crippen LogP contribution in [-0.4, -0.2) is 42.6 Å². The average molecular weight is 497 g/mol. The van der Waals surface area contributed by atoms with Gasteiger partial charge >= 0.3 is 0 Å². The molecule has 1 amide bonds. The molecule has 2 aromatic carbocycles. The lowest BCUT2D eigenvalue weighted by atomic mass is 10.1. The molecule has 1 atom stereocenters. The molecule has 11 heteroatoms. The van der Waals surface area contributed by atoms with E-state index in [1.807, 2.05) is 31.2 Å². The van der Waals surface area contributed by atoms with E-state index in [-0.39, 0.29) is 5.91 Å². The number of nitrogens with two attached hydrogens (primary N) is 1. The molecule has 174 valence electrons. The van der Waals surface area contributed by atoms with E-state index < -0.39 is 6.04 Å². The summed E-state index contributed by atoms with van der Waals surface area (Å²) in [5.74, 6) is 0.204. The van der Waals surface area contributed by atoms with Crippen molar-refractivity contribution in [3.05, 3.63) is 82.0 Å². The van der Waals surface area contributed by atoms with Gasteiger partial charge in [0.1, 0.15) is 23.0 Å². The van der Waals surface area contributed by atoms with Crippen LogP contribution in [0.15, 0.2) is 54.9 Å². The van der Waals surface area contributed by atoms with Crippen molar-refractivity contribution in [2.45, 2.75) is 19.4 Å². The largest absolute Gasteiger partial charge is 0.343 e. The van der Waals surface area contributed by atoms with E-state index in [4.69, 9.17) is 28.9 Å². The molecule has 0 unspecified atom stereocenters. The number of imidazole rings is 1. The number of carbonyl (C=O) groups is 1. The van der Waals surface area contributed by atoms with Crippen LogP contribution in [0.3, 0.4) is 0 Å². The normalized spacial score (nSPS) is 12.2. The number of rotatable bonds is 8. The summed E-state index contributed by atoms with van der Waals surface area (Å²) < 4.78 is 1.49. The lowest BCUT2D eigenvalue weighted by Crippen LogP contribution is -2.29. The van der Waals surface area contributed by atoms with Crippen LogP contribution in [0.4, 0.5) is 0 Å². The van der Waals surface area contributed by atoms with Gasteiger partial charge in [-0.05, 0) is 54.6 Å². The maximum atomic E-state index is 12.8. The highest BCUT2D eigenvalue weighted by Crippen LogP contribution is 2.28. The van der Waals surface area contributed by atoms with Crippen molar-refractivity contribution in [3.8, 4) is 16.9 Å². The van der Waals surface area contributed by atoms with Gasteiger partial charge in [0.25, 0.3) is 0 Å². The van der Waals surface area contributed by atoms with E-state index in [2.05, 4.69) is 30.8 Å². The van der Waals surface area contributed by atoms with Gasteiger partial charge in [-0.15, -0.1) is 5.10 Å². The number of amides is 1. The molecule has 2 heterocycles. The lowest BCUT2D eigenvalue weighted by Gasteiger charge is -2.14. The van der Waals surface area contributed by atoms with Gasteiger partial charge in [0, 0.05) is 22.2 Å². The predicted molar refractivity (Wildman–Crippen MR) is 132 cm³/mol. The van der Waals surface area contributed by atoms with Gasteiger partial charge in [-0.2, -0.15) is 4.68 Å². The van der Waals surface area contributed by atoms with Crippen molar-refractivity contribution in [1.82, 2.24) is 35.5 Å². The molecule has 0 fully saturated rings. The highest BCUT2D eigenvalue weighted by atomic mass is 35.5. The third kappa shape index (κ3) is 5.51. The number of hydrogen-bond donors (Lipinski definition) is 3. The van der Waals surface area contributed by atoms with Crippen LogP contribution < -0.4 is 11.1 Å². The van der Waals surface area contributed by atoms with E-state index in [0.29, 0.717) is 45.9 Å². The molecule has 2 aromatic heterocycles. The Balaban J connectivity index is 1.54. The van der Waals surface area contributed by atoms with Crippen molar-refractivity contribution in [2.75, 3.05) is 6.54 Å².